The smallest absolute Gasteiger partial charge is 0.136 e. The number of hydrogen-bond acceptors (Lipinski definition) is 1. The predicted octanol–water partition coefficient (Wildman–Crippen LogP) is 2.71. The number of Topliss-reactive ketones (excluding diaryl/α,β-unsaturated/α-hetero) is 1. The lowest BCUT2D eigenvalue weighted by atomic mass is 9.68. The molecule has 0 aromatic carbocycles. The standard InChI is InChI=1S/C11H16O/c1-8-4-2-6-10-9(8)5-3-7-11(10)12/h9-10H,1-7H2. The zero-order chi connectivity index (χ0) is 8.55. The van der Waals surface area contributed by atoms with Crippen LogP contribution in [0.5, 0.6) is 0 Å². The summed E-state index contributed by atoms with van der Waals surface area (Å²) in [5, 5.41) is 0. The van der Waals surface area contributed by atoms with Gasteiger partial charge in [0.05, 0.1) is 0 Å². The maximum Gasteiger partial charge on any atom is 0.136 e. The highest BCUT2D eigenvalue weighted by atomic mass is 16.1. The molecule has 2 unspecified atom stereocenters. The van der Waals surface area contributed by atoms with Crippen molar-refractivity contribution in [3.8, 4) is 0 Å². The van der Waals surface area contributed by atoms with Crippen LogP contribution in [0.25, 0.3) is 0 Å². The number of fused-ring (bicyclic) bond motifs is 1. The molecular formula is C11H16O. The zero-order valence-electron chi connectivity index (χ0n) is 7.51. The van der Waals surface area contributed by atoms with Crippen LogP contribution in [0.2, 0.25) is 0 Å². The van der Waals surface area contributed by atoms with Crippen molar-refractivity contribution in [1.82, 2.24) is 0 Å². The summed E-state index contributed by atoms with van der Waals surface area (Å²) in [5.41, 5.74) is 1.35. The van der Waals surface area contributed by atoms with Crippen LogP contribution >= 0.6 is 0 Å². The van der Waals surface area contributed by atoms with Gasteiger partial charge >= 0.3 is 0 Å². The molecule has 2 aliphatic rings. The van der Waals surface area contributed by atoms with Crippen LogP contribution in [0, 0.1) is 11.8 Å². The van der Waals surface area contributed by atoms with Crippen LogP contribution in [0.3, 0.4) is 0 Å². The summed E-state index contributed by atoms with van der Waals surface area (Å²) in [7, 11) is 0. The van der Waals surface area contributed by atoms with Crippen molar-refractivity contribution in [2.75, 3.05) is 0 Å². The first-order valence-corrected chi connectivity index (χ1v) is 4.99. The molecule has 0 heterocycles. The normalized spacial score (nSPS) is 36.3. The van der Waals surface area contributed by atoms with Gasteiger partial charge in [0.15, 0.2) is 0 Å². The average Bonchev–Trinajstić information content (AvgIpc) is 2.07. The fourth-order valence-corrected chi connectivity index (χ4v) is 2.69. The number of hydrogen-bond donors (Lipinski definition) is 0. The number of ketones is 1. The summed E-state index contributed by atoms with van der Waals surface area (Å²) < 4.78 is 0. The topological polar surface area (TPSA) is 17.1 Å². The Balaban J connectivity index is 2.16. The van der Waals surface area contributed by atoms with Crippen LogP contribution in [-0.4, -0.2) is 5.78 Å². The van der Waals surface area contributed by atoms with Gasteiger partial charge in [-0.15, -0.1) is 0 Å². The van der Waals surface area contributed by atoms with E-state index in [1.165, 1.54) is 18.4 Å². The Kier molecular flexibility index (Phi) is 2.03. The van der Waals surface area contributed by atoms with Crippen molar-refractivity contribution < 1.29 is 4.79 Å². The summed E-state index contributed by atoms with van der Waals surface area (Å²) in [6.07, 6.45) is 6.62. The Morgan fingerprint density at radius 2 is 1.75 bits per heavy atom. The second-order valence-electron chi connectivity index (χ2n) is 4.12. The largest absolute Gasteiger partial charge is 0.299 e. The summed E-state index contributed by atoms with van der Waals surface area (Å²) in [6.45, 7) is 4.08. The highest BCUT2D eigenvalue weighted by molar-refractivity contribution is 5.82. The number of allylic oxidation sites excluding steroid dienone is 1. The maximum atomic E-state index is 11.5. The minimum absolute atomic E-state index is 0.361. The summed E-state index contributed by atoms with van der Waals surface area (Å²) in [4.78, 5) is 11.5. The van der Waals surface area contributed by atoms with Gasteiger partial charge in [-0.25, -0.2) is 0 Å². The highest BCUT2D eigenvalue weighted by Crippen LogP contribution is 2.40. The Labute approximate surface area is 73.8 Å². The second kappa shape index (κ2) is 3.04. The molecule has 0 N–H and O–H groups in total. The third kappa shape index (κ3) is 1.21. The van der Waals surface area contributed by atoms with Gasteiger partial charge in [0.2, 0.25) is 0 Å². The van der Waals surface area contributed by atoms with E-state index in [2.05, 4.69) is 6.58 Å². The molecule has 0 spiro atoms. The van der Waals surface area contributed by atoms with E-state index in [9.17, 15) is 4.79 Å². The van der Waals surface area contributed by atoms with E-state index < -0.39 is 0 Å². The van der Waals surface area contributed by atoms with Crippen LogP contribution in [0.1, 0.15) is 38.5 Å². The van der Waals surface area contributed by atoms with Gasteiger partial charge < -0.3 is 0 Å². The van der Waals surface area contributed by atoms with Crippen LogP contribution in [-0.2, 0) is 4.79 Å². The molecule has 2 rings (SSSR count). The minimum Gasteiger partial charge on any atom is -0.299 e. The zero-order valence-corrected chi connectivity index (χ0v) is 7.51. The van der Waals surface area contributed by atoms with Gasteiger partial charge in [-0.05, 0) is 38.0 Å². The summed E-state index contributed by atoms with van der Waals surface area (Å²) in [5.74, 6) is 1.42. The first kappa shape index (κ1) is 8.03. The SMILES string of the molecule is C=C1CCCC2C(=O)CCCC12. The molecule has 0 radical (unpaired) electrons. The van der Waals surface area contributed by atoms with Gasteiger partial charge in [-0.1, -0.05) is 12.2 Å². The Morgan fingerprint density at radius 1 is 1.08 bits per heavy atom. The van der Waals surface area contributed by atoms with Crippen molar-refractivity contribution in [1.29, 1.82) is 0 Å². The molecule has 0 saturated heterocycles. The van der Waals surface area contributed by atoms with Gasteiger partial charge in [-0.3, -0.25) is 4.79 Å². The van der Waals surface area contributed by atoms with Crippen molar-refractivity contribution >= 4 is 5.78 Å². The van der Waals surface area contributed by atoms with E-state index in [1.54, 1.807) is 0 Å². The third-order valence-electron chi connectivity index (χ3n) is 3.37. The number of carbonyl (C=O) groups excluding carboxylic acids is 1. The minimum atomic E-state index is 0.361. The summed E-state index contributed by atoms with van der Waals surface area (Å²) >= 11 is 0. The first-order chi connectivity index (χ1) is 5.79. The van der Waals surface area contributed by atoms with Crippen molar-refractivity contribution in [2.24, 2.45) is 11.8 Å². The molecule has 1 heteroatoms. The van der Waals surface area contributed by atoms with Crippen molar-refractivity contribution in [3.05, 3.63) is 12.2 Å². The molecule has 0 aromatic heterocycles. The monoisotopic (exact) mass is 164 g/mol. The molecule has 2 fully saturated rings. The molecule has 12 heavy (non-hydrogen) atoms. The maximum absolute atomic E-state index is 11.5. The van der Waals surface area contributed by atoms with Gasteiger partial charge in [-0.2, -0.15) is 0 Å². The van der Waals surface area contributed by atoms with E-state index in [1.807, 2.05) is 0 Å². The molecule has 1 nitrogen and oxygen atoms in total. The Bertz CT molecular complexity index is 193. The molecule has 2 atom stereocenters. The van der Waals surface area contributed by atoms with E-state index in [-0.39, 0.29) is 0 Å². The number of rotatable bonds is 0. The van der Waals surface area contributed by atoms with Crippen molar-refractivity contribution in [3.63, 3.8) is 0 Å². The summed E-state index contributed by atoms with van der Waals surface area (Å²) in [6, 6.07) is 0. The third-order valence-corrected chi connectivity index (χ3v) is 3.37. The lowest BCUT2D eigenvalue weighted by Gasteiger charge is -2.35. The fourth-order valence-electron chi connectivity index (χ4n) is 2.69. The quantitative estimate of drug-likeness (QED) is 0.503. The molecule has 0 aliphatic heterocycles. The second-order valence-corrected chi connectivity index (χ2v) is 4.12. The number of carbonyl (C=O) groups is 1. The van der Waals surface area contributed by atoms with E-state index in [0.717, 1.165) is 25.7 Å². The first-order valence-electron chi connectivity index (χ1n) is 4.99. The van der Waals surface area contributed by atoms with Crippen molar-refractivity contribution in [2.45, 2.75) is 38.5 Å². The van der Waals surface area contributed by atoms with E-state index >= 15 is 0 Å². The fraction of sp³-hybridized carbons (Fsp3) is 0.727. The van der Waals surface area contributed by atoms with E-state index in [0.29, 0.717) is 17.6 Å². The lowest BCUT2D eigenvalue weighted by molar-refractivity contribution is -0.126. The Morgan fingerprint density at radius 3 is 2.50 bits per heavy atom. The average molecular weight is 164 g/mol. The Hall–Kier alpha value is -0.590. The van der Waals surface area contributed by atoms with E-state index in [4.69, 9.17) is 0 Å². The molecule has 0 amide bonds. The molecule has 2 saturated carbocycles. The highest BCUT2D eigenvalue weighted by Gasteiger charge is 2.35. The van der Waals surface area contributed by atoms with Gasteiger partial charge in [0, 0.05) is 12.3 Å². The molecule has 2 aliphatic carbocycles. The molecular weight excluding hydrogens is 148 g/mol. The molecule has 66 valence electrons. The van der Waals surface area contributed by atoms with Crippen LogP contribution in [0.4, 0.5) is 0 Å². The molecule has 0 bridgehead atoms. The lowest BCUT2D eigenvalue weighted by Crippen LogP contribution is -2.32. The van der Waals surface area contributed by atoms with Gasteiger partial charge in [0.25, 0.3) is 0 Å². The van der Waals surface area contributed by atoms with Crippen LogP contribution < -0.4 is 0 Å². The molecule has 0 aromatic rings. The van der Waals surface area contributed by atoms with Crippen LogP contribution in [0.15, 0.2) is 12.2 Å². The predicted molar refractivity (Wildman–Crippen MR) is 48.8 cm³/mol. The van der Waals surface area contributed by atoms with Gasteiger partial charge in [0.1, 0.15) is 5.78 Å².